The number of esters is 1. The zero-order valence-electron chi connectivity index (χ0n) is 14.4. The largest absolute Gasteiger partial charge is 0.492 e. The number of H-pyrrole nitrogens is 1. The van der Waals surface area contributed by atoms with Crippen LogP contribution >= 0.6 is 0 Å². The van der Waals surface area contributed by atoms with Gasteiger partial charge in [0.05, 0.1) is 35.6 Å². The van der Waals surface area contributed by atoms with Crippen molar-refractivity contribution in [1.29, 1.82) is 0 Å². The highest BCUT2D eigenvalue weighted by molar-refractivity contribution is 5.89. The predicted octanol–water partition coefficient (Wildman–Crippen LogP) is 2.69. The van der Waals surface area contributed by atoms with Crippen molar-refractivity contribution in [3.63, 3.8) is 0 Å². The van der Waals surface area contributed by atoms with Crippen molar-refractivity contribution in [3.8, 4) is 22.8 Å². The molecular weight excluding hydrogens is 377 g/mol. The molecule has 28 heavy (non-hydrogen) atoms. The third kappa shape index (κ3) is 3.77. The molecule has 3 aromatic rings. The number of aromatic amines is 1. The molecule has 0 atom stereocenters. The monoisotopic (exact) mass is 392 g/mol. The Kier molecular flexibility index (Phi) is 4.63. The molecule has 146 valence electrons. The van der Waals surface area contributed by atoms with Crippen LogP contribution < -0.4 is 14.8 Å². The minimum atomic E-state index is -5.06. The number of fused-ring (bicyclic) bond motifs is 1. The van der Waals surface area contributed by atoms with Crippen LogP contribution in [0, 0.1) is 5.92 Å². The van der Waals surface area contributed by atoms with Gasteiger partial charge >= 0.3 is 12.1 Å². The van der Waals surface area contributed by atoms with Crippen LogP contribution in [0.2, 0.25) is 0 Å². The molecule has 7 nitrogen and oxygen atoms in total. The van der Waals surface area contributed by atoms with Gasteiger partial charge in [-0.15, -0.1) is 0 Å². The summed E-state index contributed by atoms with van der Waals surface area (Å²) < 4.78 is 47.0. The highest BCUT2D eigenvalue weighted by Crippen LogP contribution is 2.32. The van der Waals surface area contributed by atoms with Gasteiger partial charge in [0.2, 0.25) is 0 Å². The molecule has 1 aliphatic rings. The van der Waals surface area contributed by atoms with Gasteiger partial charge in [0, 0.05) is 24.6 Å². The fourth-order valence-corrected chi connectivity index (χ4v) is 2.74. The Morgan fingerprint density at radius 1 is 1.21 bits per heavy atom. The van der Waals surface area contributed by atoms with E-state index in [4.69, 9.17) is 4.74 Å². The van der Waals surface area contributed by atoms with Gasteiger partial charge in [0.15, 0.2) is 0 Å². The van der Waals surface area contributed by atoms with E-state index < -0.39 is 12.1 Å². The number of benzene rings is 1. The zero-order chi connectivity index (χ0) is 19.7. The molecule has 2 aromatic heterocycles. The topological polar surface area (TPSA) is 89.1 Å². The van der Waals surface area contributed by atoms with E-state index in [1.54, 1.807) is 12.3 Å². The molecular formula is C18H15F3N4O3. The van der Waals surface area contributed by atoms with Crippen LogP contribution in [0.15, 0.2) is 36.7 Å². The van der Waals surface area contributed by atoms with E-state index in [1.807, 2.05) is 6.07 Å². The number of aromatic nitrogens is 3. The maximum absolute atomic E-state index is 12.3. The van der Waals surface area contributed by atoms with Gasteiger partial charge < -0.3 is 14.8 Å². The Labute approximate surface area is 156 Å². The van der Waals surface area contributed by atoms with Gasteiger partial charge in [-0.2, -0.15) is 18.3 Å². The van der Waals surface area contributed by atoms with Crippen molar-refractivity contribution < 1.29 is 27.4 Å². The Morgan fingerprint density at radius 3 is 2.68 bits per heavy atom. The molecule has 0 spiro atoms. The minimum absolute atomic E-state index is 0.289. The van der Waals surface area contributed by atoms with Crippen molar-refractivity contribution in [1.82, 2.24) is 20.5 Å². The first kappa shape index (κ1) is 18.2. The van der Waals surface area contributed by atoms with Gasteiger partial charge in [-0.05, 0) is 24.3 Å². The predicted molar refractivity (Wildman–Crippen MR) is 92.9 cm³/mol. The van der Waals surface area contributed by atoms with Crippen LogP contribution in [0.25, 0.3) is 22.2 Å². The zero-order valence-corrected chi connectivity index (χ0v) is 14.4. The molecule has 1 fully saturated rings. The Balaban J connectivity index is 1.57. The molecule has 0 radical (unpaired) electrons. The average molecular weight is 392 g/mol. The van der Waals surface area contributed by atoms with Crippen LogP contribution in [0.4, 0.5) is 13.2 Å². The second kappa shape index (κ2) is 7.12. The number of hydrogen-bond donors (Lipinski definition) is 2. The summed E-state index contributed by atoms with van der Waals surface area (Å²) in [6, 6.07) is 6.33. The number of alkyl halides is 3. The second-order valence-corrected chi connectivity index (χ2v) is 6.41. The van der Waals surface area contributed by atoms with Gasteiger partial charge in [-0.1, -0.05) is 0 Å². The number of rotatable bonds is 5. The van der Waals surface area contributed by atoms with E-state index in [0.29, 0.717) is 29.5 Å². The maximum atomic E-state index is 12.3. The van der Waals surface area contributed by atoms with Crippen LogP contribution in [0.1, 0.15) is 0 Å². The average Bonchev–Trinajstić information content (AvgIpc) is 3.09. The minimum Gasteiger partial charge on any atom is -0.492 e. The molecule has 1 aliphatic heterocycles. The van der Waals surface area contributed by atoms with Gasteiger partial charge in [0.25, 0.3) is 0 Å². The number of carbonyl (C=O) groups excluding carboxylic acids is 1. The number of ether oxygens (including phenoxy) is 2. The van der Waals surface area contributed by atoms with Gasteiger partial charge in [-0.3, -0.25) is 10.1 Å². The summed E-state index contributed by atoms with van der Waals surface area (Å²) in [6.07, 6.45) is -2.33. The first-order valence-corrected chi connectivity index (χ1v) is 8.46. The number of hydrogen-bond acceptors (Lipinski definition) is 6. The highest BCUT2D eigenvalue weighted by atomic mass is 19.4. The lowest BCUT2D eigenvalue weighted by Gasteiger charge is -2.27. The number of halogens is 3. The summed E-state index contributed by atoms with van der Waals surface area (Å²) in [5, 5.41) is 10.9. The summed E-state index contributed by atoms with van der Waals surface area (Å²) in [5.41, 5.74) is 1.92. The molecule has 0 bridgehead atoms. The van der Waals surface area contributed by atoms with E-state index in [9.17, 15) is 18.0 Å². The Hall–Kier alpha value is -3.14. The van der Waals surface area contributed by atoms with Crippen LogP contribution in [-0.4, -0.2) is 47.0 Å². The smallest absolute Gasteiger partial charge is 0.491 e. The molecule has 4 rings (SSSR count). The quantitative estimate of drug-likeness (QED) is 0.649. The number of nitrogens with one attached hydrogen (secondary N) is 2. The third-order valence-corrected chi connectivity index (χ3v) is 4.34. The molecule has 3 heterocycles. The molecule has 1 aromatic carbocycles. The standard InChI is InChI=1S/C18H15F3N4O3/c19-18(20,21)17(26)28-12-1-2-14(23-7-12)11-3-15-13(8-24-25-15)16(4-11)27-9-10-5-22-6-10/h1-4,7-8,10,22H,5-6,9H2,(H,24,25). The van der Waals surface area contributed by atoms with E-state index in [2.05, 4.69) is 25.2 Å². The summed E-state index contributed by atoms with van der Waals surface area (Å²) in [6.45, 7) is 2.39. The fraction of sp³-hybridized carbons (Fsp3) is 0.278. The van der Waals surface area contributed by atoms with Crippen LogP contribution in [0.3, 0.4) is 0 Å². The number of pyridine rings is 1. The molecule has 0 aliphatic carbocycles. The molecule has 0 amide bonds. The molecule has 0 saturated carbocycles. The SMILES string of the molecule is O=C(Oc1ccc(-c2cc(OCC3CNC3)c3cn[nH]c3c2)nc1)C(F)(F)F. The Morgan fingerprint density at radius 2 is 2.04 bits per heavy atom. The lowest BCUT2D eigenvalue weighted by Crippen LogP contribution is -2.45. The van der Waals surface area contributed by atoms with Crippen molar-refractivity contribution in [2.24, 2.45) is 5.92 Å². The molecule has 10 heteroatoms. The third-order valence-electron chi connectivity index (χ3n) is 4.34. The highest BCUT2D eigenvalue weighted by Gasteiger charge is 2.41. The maximum Gasteiger partial charge on any atom is 0.491 e. The normalized spacial score (nSPS) is 14.7. The second-order valence-electron chi connectivity index (χ2n) is 6.41. The number of carbonyl (C=O) groups is 1. The summed E-state index contributed by atoms with van der Waals surface area (Å²) in [7, 11) is 0. The van der Waals surface area contributed by atoms with E-state index >= 15 is 0 Å². The van der Waals surface area contributed by atoms with Crippen LogP contribution in [0.5, 0.6) is 11.5 Å². The lowest BCUT2D eigenvalue weighted by molar-refractivity contribution is -0.189. The molecule has 2 N–H and O–H groups in total. The summed E-state index contributed by atoms with van der Waals surface area (Å²) in [4.78, 5) is 15.0. The summed E-state index contributed by atoms with van der Waals surface area (Å²) >= 11 is 0. The summed E-state index contributed by atoms with van der Waals surface area (Å²) in [5.74, 6) is -1.49. The van der Waals surface area contributed by atoms with Crippen LogP contribution in [-0.2, 0) is 4.79 Å². The fourth-order valence-electron chi connectivity index (χ4n) is 2.74. The Bertz CT molecular complexity index is 997. The first-order valence-electron chi connectivity index (χ1n) is 8.46. The lowest BCUT2D eigenvalue weighted by atomic mass is 10.1. The van der Waals surface area contributed by atoms with E-state index in [-0.39, 0.29) is 5.75 Å². The molecule has 1 saturated heterocycles. The van der Waals surface area contributed by atoms with E-state index in [0.717, 1.165) is 30.2 Å². The van der Waals surface area contributed by atoms with E-state index in [1.165, 1.54) is 12.1 Å². The van der Waals surface area contributed by atoms with Gasteiger partial charge in [0.1, 0.15) is 11.5 Å². The first-order chi connectivity index (χ1) is 13.4. The van der Waals surface area contributed by atoms with Crippen molar-refractivity contribution >= 4 is 16.9 Å². The van der Waals surface area contributed by atoms with Crippen molar-refractivity contribution in [3.05, 3.63) is 36.7 Å². The number of nitrogens with zero attached hydrogens (tertiary/aromatic N) is 2. The van der Waals surface area contributed by atoms with Crippen molar-refractivity contribution in [2.75, 3.05) is 19.7 Å². The van der Waals surface area contributed by atoms with Crippen molar-refractivity contribution in [2.45, 2.75) is 6.18 Å². The molecule has 0 unspecified atom stereocenters. The van der Waals surface area contributed by atoms with Gasteiger partial charge in [-0.25, -0.2) is 4.79 Å².